The molecular formula is C50H47BrClN7O4. The Labute approximate surface area is 379 Å². The minimum absolute atomic E-state index is 0.107. The van der Waals surface area contributed by atoms with Gasteiger partial charge in [-0.25, -0.2) is 19.1 Å². The van der Waals surface area contributed by atoms with E-state index in [0.717, 1.165) is 40.5 Å². The number of hydrogen-bond donors (Lipinski definition) is 0. The SMILES string of the molecule is CCCCc1nc(Cl)c(C(=O)OCC)n1Cc1ccc2c(c1)c(Br)c(-c1ccccc1-c1nnn(C(c3ccccc3)(c3ccccc3)c3ccccc3)n1)n2C(=O)OC(C)(C)C. The lowest BCUT2D eigenvalue weighted by molar-refractivity contribution is 0.0511. The summed E-state index contributed by atoms with van der Waals surface area (Å²) >= 11 is 10.5. The van der Waals surface area contributed by atoms with E-state index < -0.39 is 23.2 Å². The Balaban J connectivity index is 1.30. The summed E-state index contributed by atoms with van der Waals surface area (Å²) in [6, 6.07) is 44.0. The number of fused-ring (bicyclic) bond motifs is 1. The first-order chi connectivity index (χ1) is 30.5. The molecule has 0 aliphatic carbocycles. The highest BCUT2D eigenvalue weighted by Crippen LogP contribution is 2.44. The maximum absolute atomic E-state index is 14.4. The van der Waals surface area contributed by atoms with E-state index in [1.165, 1.54) is 0 Å². The molecule has 0 saturated heterocycles. The lowest BCUT2D eigenvalue weighted by Gasteiger charge is -2.34. The van der Waals surface area contributed by atoms with Crippen molar-refractivity contribution in [1.29, 1.82) is 0 Å². The highest BCUT2D eigenvalue weighted by Gasteiger charge is 2.41. The van der Waals surface area contributed by atoms with E-state index in [1.807, 2.05) is 122 Å². The number of ether oxygens (including phenoxy) is 2. The number of imidazole rings is 1. The Morgan fingerprint density at radius 3 is 1.94 bits per heavy atom. The van der Waals surface area contributed by atoms with Crippen LogP contribution in [0.2, 0.25) is 5.15 Å². The van der Waals surface area contributed by atoms with Crippen molar-refractivity contribution in [2.24, 2.45) is 0 Å². The summed E-state index contributed by atoms with van der Waals surface area (Å²) < 4.78 is 15.5. The van der Waals surface area contributed by atoms with Gasteiger partial charge in [0.25, 0.3) is 0 Å². The van der Waals surface area contributed by atoms with Gasteiger partial charge in [0.2, 0.25) is 5.82 Å². The average molecular weight is 925 g/mol. The van der Waals surface area contributed by atoms with Gasteiger partial charge in [-0.3, -0.25) is 0 Å². The summed E-state index contributed by atoms with van der Waals surface area (Å²) in [6.07, 6.45) is 1.90. The summed E-state index contributed by atoms with van der Waals surface area (Å²) in [6.45, 7) is 9.86. The van der Waals surface area contributed by atoms with Crippen LogP contribution in [0.25, 0.3) is 33.5 Å². The summed E-state index contributed by atoms with van der Waals surface area (Å²) in [5.41, 5.74) is 4.60. The van der Waals surface area contributed by atoms with Crippen LogP contribution in [0.15, 0.2) is 138 Å². The molecule has 0 bridgehead atoms. The van der Waals surface area contributed by atoms with Crippen LogP contribution in [-0.4, -0.2) is 58.6 Å². The number of benzene rings is 5. The van der Waals surface area contributed by atoms with Gasteiger partial charge >= 0.3 is 12.1 Å². The lowest BCUT2D eigenvalue weighted by atomic mass is 9.77. The Bertz CT molecular complexity index is 2810. The molecule has 0 aliphatic rings. The fourth-order valence-corrected chi connectivity index (χ4v) is 9.09. The maximum atomic E-state index is 14.4. The molecule has 63 heavy (non-hydrogen) atoms. The normalized spacial score (nSPS) is 11.9. The van der Waals surface area contributed by atoms with Gasteiger partial charge in [-0.1, -0.05) is 146 Å². The fourth-order valence-electron chi connectivity index (χ4n) is 8.11. The molecule has 8 rings (SSSR count). The second-order valence-corrected chi connectivity index (χ2v) is 17.3. The van der Waals surface area contributed by atoms with Crippen LogP contribution in [0, 0.1) is 0 Å². The highest BCUT2D eigenvalue weighted by atomic mass is 79.9. The van der Waals surface area contributed by atoms with Crippen LogP contribution in [0.5, 0.6) is 0 Å². The number of aryl methyl sites for hydroxylation is 1. The number of carbonyl (C=O) groups excluding carboxylic acids is 2. The van der Waals surface area contributed by atoms with Crippen LogP contribution in [0.4, 0.5) is 4.79 Å². The van der Waals surface area contributed by atoms with Crippen molar-refractivity contribution < 1.29 is 19.1 Å². The van der Waals surface area contributed by atoms with E-state index in [9.17, 15) is 9.59 Å². The third kappa shape index (κ3) is 8.33. The molecule has 3 heterocycles. The number of tetrazole rings is 1. The van der Waals surface area contributed by atoms with Crippen LogP contribution in [0.1, 0.15) is 86.0 Å². The van der Waals surface area contributed by atoms with Gasteiger partial charge in [0.1, 0.15) is 11.4 Å². The van der Waals surface area contributed by atoms with E-state index >= 15 is 0 Å². The molecule has 0 N–H and O–H groups in total. The fraction of sp³-hybridized carbons (Fsp3) is 0.240. The second kappa shape index (κ2) is 18.2. The molecule has 3 aromatic heterocycles. The zero-order valence-corrected chi connectivity index (χ0v) is 38.1. The molecule has 320 valence electrons. The minimum atomic E-state index is -0.991. The summed E-state index contributed by atoms with van der Waals surface area (Å²) in [5.74, 6) is 0.518. The van der Waals surface area contributed by atoms with E-state index in [0.29, 0.717) is 44.9 Å². The van der Waals surface area contributed by atoms with Crippen molar-refractivity contribution in [3.8, 4) is 22.6 Å². The molecule has 0 radical (unpaired) electrons. The number of unbranched alkanes of at least 4 members (excludes halogenated alkanes) is 1. The van der Waals surface area contributed by atoms with Crippen LogP contribution in [0.3, 0.4) is 0 Å². The molecule has 11 nitrogen and oxygen atoms in total. The first-order valence-electron chi connectivity index (χ1n) is 21.0. The summed E-state index contributed by atoms with van der Waals surface area (Å²) in [5, 5.41) is 15.6. The zero-order chi connectivity index (χ0) is 44.3. The van der Waals surface area contributed by atoms with Crippen molar-refractivity contribution in [1.82, 2.24) is 34.3 Å². The van der Waals surface area contributed by atoms with E-state index in [4.69, 9.17) is 36.5 Å². The largest absolute Gasteiger partial charge is 0.461 e. The predicted molar refractivity (Wildman–Crippen MR) is 249 cm³/mol. The number of hydrogen-bond acceptors (Lipinski definition) is 8. The second-order valence-electron chi connectivity index (χ2n) is 16.2. The number of rotatable bonds is 13. The standard InChI is InChI=1S/C50H47BrClN7O4/c1-6-8-28-41-53-45(52)44(47(60)62-7-2)57(41)32-33-29-30-40-39(31-33)42(51)43(58(40)48(61)63-49(3,4)5)37-26-18-19-27-38(37)46-54-56-59(55-46)50(34-20-12-9-13-21-34,35-22-14-10-15-23-35)36-24-16-11-17-25-36/h9-27,29-31H,6-8,28,32H2,1-5H3. The van der Waals surface area contributed by atoms with E-state index in [-0.39, 0.29) is 24.0 Å². The number of aromatic nitrogens is 7. The first kappa shape index (κ1) is 43.3. The lowest BCUT2D eigenvalue weighted by Crippen LogP contribution is -2.39. The number of carbonyl (C=O) groups is 2. The molecule has 0 fully saturated rings. The monoisotopic (exact) mass is 923 g/mol. The van der Waals surface area contributed by atoms with Crippen LogP contribution in [-0.2, 0) is 28.0 Å². The van der Waals surface area contributed by atoms with Gasteiger partial charge in [-0.2, -0.15) is 0 Å². The third-order valence-corrected chi connectivity index (χ3v) is 11.9. The molecule has 13 heteroatoms. The molecule has 0 spiro atoms. The summed E-state index contributed by atoms with van der Waals surface area (Å²) in [4.78, 5) is 33.9. The van der Waals surface area contributed by atoms with Crippen molar-refractivity contribution in [3.63, 3.8) is 0 Å². The Morgan fingerprint density at radius 2 is 1.37 bits per heavy atom. The zero-order valence-electron chi connectivity index (χ0n) is 35.8. The molecule has 0 saturated carbocycles. The number of esters is 1. The Hall–Kier alpha value is -6.37. The molecule has 0 amide bonds. The first-order valence-corrected chi connectivity index (χ1v) is 22.2. The molecule has 0 unspecified atom stereocenters. The van der Waals surface area contributed by atoms with Crippen molar-refractivity contribution in [2.75, 3.05) is 6.61 Å². The van der Waals surface area contributed by atoms with Crippen LogP contribution >= 0.6 is 27.5 Å². The smallest absolute Gasteiger partial charge is 0.419 e. The molecular weight excluding hydrogens is 878 g/mol. The minimum Gasteiger partial charge on any atom is -0.461 e. The van der Waals surface area contributed by atoms with Gasteiger partial charge in [-0.05, 0) is 89.6 Å². The number of nitrogens with zero attached hydrogens (tertiary/aromatic N) is 7. The van der Waals surface area contributed by atoms with Gasteiger partial charge in [0.15, 0.2) is 16.4 Å². The Kier molecular flexibility index (Phi) is 12.5. The van der Waals surface area contributed by atoms with Crippen molar-refractivity contribution in [3.05, 3.63) is 177 Å². The van der Waals surface area contributed by atoms with Gasteiger partial charge < -0.3 is 14.0 Å². The van der Waals surface area contributed by atoms with Gasteiger partial charge in [0.05, 0.1) is 22.3 Å². The van der Waals surface area contributed by atoms with Crippen molar-refractivity contribution >= 4 is 50.5 Å². The van der Waals surface area contributed by atoms with Gasteiger partial charge in [0, 0.05) is 29.5 Å². The van der Waals surface area contributed by atoms with Crippen molar-refractivity contribution in [2.45, 2.75) is 71.6 Å². The highest BCUT2D eigenvalue weighted by molar-refractivity contribution is 9.10. The Morgan fingerprint density at radius 1 is 0.778 bits per heavy atom. The molecule has 8 aromatic rings. The van der Waals surface area contributed by atoms with Gasteiger partial charge in [-0.15, -0.1) is 15.0 Å². The molecule has 0 aliphatic heterocycles. The van der Waals surface area contributed by atoms with E-state index in [1.54, 1.807) is 16.3 Å². The third-order valence-electron chi connectivity index (χ3n) is 10.8. The van der Waals surface area contributed by atoms with Crippen LogP contribution < -0.4 is 0 Å². The topological polar surface area (TPSA) is 119 Å². The summed E-state index contributed by atoms with van der Waals surface area (Å²) in [7, 11) is 0. The number of halogens is 2. The maximum Gasteiger partial charge on any atom is 0.419 e. The molecule has 0 atom stereocenters. The van der Waals surface area contributed by atoms with E-state index in [2.05, 4.69) is 64.2 Å². The quantitative estimate of drug-likeness (QED) is 0.0828. The predicted octanol–water partition coefficient (Wildman–Crippen LogP) is 11.8. The molecule has 5 aromatic carbocycles. The average Bonchev–Trinajstić information content (AvgIpc) is 3.98.